The van der Waals surface area contributed by atoms with Crippen molar-refractivity contribution in [3.63, 3.8) is 0 Å². The summed E-state index contributed by atoms with van der Waals surface area (Å²) in [6.07, 6.45) is 13.7. The zero-order chi connectivity index (χ0) is 93.3. The number of hydrogen-bond donors (Lipinski definition) is 0. The van der Waals surface area contributed by atoms with Crippen molar-refractivity contribution in [2.24, 2.45) is 17.8 Å². The molecule has 0 saturated carbocycles. The van der Waals surface area contributed by atoms with Gasteiger partial charge in [0.2, 0.25) is 0 Å². The molecular weight excluding hydrogens is 2200 g/mol. The summed E-state index contributed by atoms with van der Waals surface area (Å²) in [6.45, 7) is 41.5. The zero-order valence-electron chi connectivity index (χ0n) is 80.1. The summed E-state index contributed by atoms with van der Waals surface area (Å²) in [4.78, 5) is 27.8. The smallest absolute Gasteiger partial charge is 0.0391 e. The van der Waals surface area contributed by atoms with Gasteiger partial charge in [-0.15, -0.1) is 124 Å². The van der Waals surface area contributed by atoms with E-state index in [0.29, 0.717) is 17.8 Å². The van der Waals surface area contributed by atoms with E-state index in [4.69, 9.17) is 0 Å². The van der Waals surface area contributed by atoms with E-state index >= 15 is 0 Å². The molecule has 9 nitrogen and oxygen atoms in total. The van der Waals surface area contributed by atoms with Crippen LogP contribution in [0.1, 0.15) is 105 Å². The van der Waals surface area contributed by atoms with Gasteiger partial charge in [0.15, 0.2) is 0 Å². The van der Waals surface area contributed by atoms with Gasteiger partial charge < -0.3 is 28.7 Å². The van der Waals surface area contributed by atoms with Gasteiger partial charge in [-0.2, -0.15) is 55.7 Å². The number of hydrogen-bond acceptors (Lipinski definition) is 6. The summed E-state index contributed by atoms with van der Waals surface area (Å²) in [5, 5.41) is 7.74. The Balaban J connectivity index is 0.000000139. The van der Waals surface area contributed by atoms with Crippen molar-refractivity contribution in [3.8, 4) is 101 Å². The van der Waals surface area contributed by atoms with Gasteiger partial charge in [-0.25, -0.2) is 0 Å². The molecule has 9 heterocycles. The van der Waals surface area contributed by atoms with Crippen LogP contribution in [0, 0.1) is 84.4 Å². The molecule has 0 amide bonds. The number of rotatable bonds is 17. The standard InChI is InChI=1S/3C22H21N2.2C20H18N.C19H16N.3Ir/c2*1-15(2)14-24-21-10-5-4-7-17(21)18-8-6-9-19(22(18)24)20-12-11-16(3)13-23-20;1-15(2)14-24-21-7-5-4-6-18(21)19-12-17(9-11-22(19)24)20-10-8-16(3)13-23-20;2*1-3-16-13-20(18-12-8-7-9-15(18)2)21-14-19(16)17-10-5-4-6-11-17;1-14-8-6-7-11-17(14)19-12-15(2)18(13-20-19)16-9-4-3-5-10-16;;;/h3*4-8,10-13,15H,14H2,1-3H3;2*4-14H,2-3H2,1H3;3-13H,1H2,2H3;;;/q6*-1;;;. The topological polar surface area (TPSA) is 92.1 Å². The van der Waals surface area contributed by atoms with Crippen LogP contribution in [0.5, 0.6) is 0 Å². The van der Waals surface area contributed by atoms with E-state index in [0.717, 1.165) is 117 Å². The number of fused-ring (bicyclic) bond motifs is 9. The Morgan fingerprint density at radius 3 is 0.964 bits per heavy atom. The van der Waals surface area contributed by atoms with Crippen molar-refractivity contribution in [3.05, 3.63) is 454 Å². The summed E-state index contributed by atoms with van der Waals surface area (Å²) in [6, 6.07) is 124. The molecular formula is C125H115Ir3N9-6. The maximum atomic E-state index is 4.65. The van der Waals surface area contributed by atoms with Crippen LogP contribution in [-0.4, -0.2) is 43.6 Å². The van der Waals surface area contributed by atoms with Gasteiger partial charge in [0, 0.05) is 167 Å². The number of aromatic nitrogens is 9. The normalized spacial score (nSPS) is 10.9. The summed E-state index contributed by atoms with van der Waals surface area (Å²) in [5.74, 6) is 1.74. The monoisotopic (exact) mass is 2320 g/mol. The second kappa shape index (κ2) is 47.3. The van der Waals surface area contributed by atoms with E-state index in [-0.39, 0.29) is 60.3 Å². The van der Waals surface area contributed by atoms with Crippen LogP contribution < -0.4 is 0 Å². The van der Waals surface area contributed by atoms with Crippen LogP contribution in [0.2, 0.25) is 0 Å². The summed E-state index contributed by atoms with van der Waals surface area (Å²) >= 11 is 0. The second-order valence-electron chi connectivity index (χ2n) is 35.7. The molecule has 0 unspecified atom stereocenters. The molecule has 0 aliphatic heterocycles. The number of para-hydroxylation sites is 3. The first kappa shape index (κ1) is 101. The van der Waals surface area contributed by atoms with Gasteiger partial charge in [-0.1, -0.05) is 272 Å². The van der Waals surface area contributed by atoms with Crippen molar-refractivity contribution in [1.29, 1.82) is 0 Å². The molecule has 0 bridgehead atoms. The minimum Gasteiger partial charge on any atom is -0.380 e. The number of nitrogens with zero attached hydrogens (tertiary/aromatic N) is 9. The second-order valence-corrected chi connectivity index (χ2v) is 35.7. The third-order valence-corrected chi connectivity index (χ3v) is 24.3. The van der Waals surface area contributed by atoms with Crippen molar-refractivity contribution in [2.45, 2.75) is 116 Å². The van der Waals surface area contributed by atoms with Crippen LogP contribution in [0.25, 0.3) is 166 Å². The fourth-order valence-electron chi connectivity index (χ4n) is 17.7. The quantitative estimate of drug-likeness (QED) is 0.0844. The maximum Gasteiger partial charge on any atom is 0.0391 e. The van der Waals surface area contributed by atoms with Gasteiger partial charge in [-0.3, -0.25) is 15.0 Å². The van der Waals surface area contributed by atoms with Crippen LogP contribution >= 0.6 is 0 Å². The molecule has 0 spiro atoms. The first-order valence-corrected chi connectivity index (χ1v) is 46.7. The van der Waals surface area contributed by atoms with E-state index in [2.05, 4.69) is 396 Å². The van der Waals surface area contributed by atoms with Gasteiger partial charge in [-0.05, 0) is 195 Å². The predicted molar refractivity (Wildman–Crippen MR) is 565 cm³/mol. The minimum atomic E-state index is 0. The fourth-order valence-corrected chi connectivity index (χ4v) is 17.7. The largest absolute Gasteiger partial charge is 0.380 e. The molecule has 0 aliphatic carbocycles. The van der Waals surface area contributed by atoms with Crippen molar-refractivity contribution in [2.75, 3.05) is 0 Å². The van der Waals surface area contributed by atoms with E-state index in [1.807, 2.05) is 134 Å². The molecule has 0 saturated heterocycles. The van der Waals surface area contributed by atoms with Gasteiger partial charge in [0.05, 0.1) is 0 Å². The van der Waals surface area contributed by atoms with Crippen molar-refractivity contribution in [1.82, 2.24) is 43.6 Å². The van der Waals surface area contributed by atoms with E-state index in [9.17, 15) is 0 Å². The molecule has 0 atom stereocenters. The Hall–Kier alpha value is -13.5. The average molecular weight is 2320 g/mol. The van der Waals surface area contributed by atoms with Crippen LogP contribution in [-0.2, 0) is 92.8 Å². The molecule has 0 aliphatic rings. The Morgan fingerprint density at radius 2 is 0.599 bits per heavy atom. The van der Waals surface area contributed by atoms with Crippen molar-refractivity contribution >= 4 is 65.4 Å². The van der Waals surface area contributed by atoms with Gasteiger partial charge in [0.25, 0.3) is 0 Å². The molecule has 12 heteroatoms. The predicted octanol–water partition coefficient (Wildman–Crippen LogP) is 32.1. The van der Waals surface area contributed by atoms with Crippen molar-refractivity contribution < 1.29 is 60.3 Å². The first-order valence-electron chi connectivity index (χ1n) is 46.7. The van der Waals surface area contributed by atoms with Crippen LogP contribution in [0.3, 0.4) is 0 Å². The van der Waals surface area contributed by atoms with Gasteiger partial charge in [0.1, 0.15) is 0 Å². The van der Waals surface area contributed by atoms with Gasteiger partial charge >= 0.3 is 0 Å². The zero-order valence-corrected chi connectivity index (χ0v) is 87.2. The average Bonchev–Trinajstić information content (AvgIpc) is 1.60. The molecule has 21 aromatic rings. The number of aryl methyl sites for hydroxylation is 6. The number of benzene rings is 12. The Bertz CT molecular complexity index is 7270. The Morgan fingerprint density at radius 1 is 0.277 bits per heavy atom. The van der Waals surface area contributed by atoms with E-state index in [1.54, 1.807) is 0 Å². The van der Waals surface area contributed by atoms with E-state index < -0.39 is 0 Å². The summed E-state index contributed by atoms with van der Waals surface area (Å²) in [7, 11) is 0. The third kappa shape index (κ3) is 23.6. The molecule has 9 aromatic heterocycles. The molecule has 12 aromatic carbocycles. The van der Waals surface area contributed by atoms with Crippen LogP contribution in [0.4, 0.5) is 0 Å². The number of pyridine rings is 6. The molecule has 3 radical (unpaired) electrons. The molecule has 693 valence electrons. The molecule has 0 N–H and O–H groups in total. The summed E-state index contributed by atoms with van der Waals surface area (Å²) < 4.78 is 7.28. The fraction of sp³-hybridized carbons (Fsp3) is 0.160. The van der Waals surface area contributed by atoms with E-state index in [1.165, 1.54) is 132 Å². The maximum absolute atomic E-state index is 4.65. The summed E-state index contributed by atoms with van der Waals surface area (Å²) in [5.41, 5.74) is 37.7. The Kier molecular flexibility index (Phi) is 34.9. The molecule has 0 fully saturated rings. The third-order valence-electron chi connectivity index (χ3n) is 24.3. The Labute approximate surface area is 850 Å². The molecule has 137 heavy (non-hydrogen) atoms. The SMILES string of the molecule is Cc1ccc(-c2[c-]cc3c(c2)c2ccccc2n3CC(C)C)nc1.Cc1ccc(-c2[c-]ccc3c4ccccc4n(CC(C)C)c23)nc1.Cc1ccc(-c2[c-]ccc3c4ccccc4n(CC(C)C)c23)nc1.[CH2-]c1ccccc1-c1cc(C)c(-c2ccccc2)cn1.[CH2-]c1ccccc1-c1cc(CC)c(-c2ccccc2)cn1.[CH2-]c1ccccc1-c1cc(CC)c(-c2ccccc2)cn1.[Ir].[Ir].[Ir]. The molecule has 21 rings (SSSR count). The van der Waals surface area contributed by atoms with Crippen LogP contribution in [0.15, 0.2) is 365 Å². The first-order chi connectivity index (χ1) is 65.3. The minimum absolute atomic E-state index is 0.